The van der Waals surface area contributed by atoms with Crippen LogP contribution >= 0.6 is 0 Å². The molecule has 134 valence electrons. The molecule has 1 aromatic rings. The molecule has 1 aliphatic rings. The first-order valence-electron chi connectivity index (χ1n) is 7.76. The number of methoxy groups -OCH3 is 1. The number of nitrogens with zero attached hydrogens (tertiary/aromatic N) is 1. The number of alkyl halides is 3. The second-order valence-electron chi connectivity index (χ2n) is 5.75. The zero-order valence-corrected chi connectivity index (χ0v) is 13.3. The van der Waals surface area contributed by atoms with Gasteiger partial charge in [0, 0.05) is 32.0 Å². The van der Waals surface area contributed by atoms with Crippen molar-refractivity contribution in [3.05, 3.63) is 29.6 Å². The van der Waals surface area contributed by atoms with E-state index in [9.17, 15) is 22.4 Å². The minimum atomic E-state index is -4.76. The molecule has 2 rings (SSSR count). The number of likely N-dealkylation sites (tertiary alicyclic amines) is 1. The average Bonchev–Trinajstić information content (AvgIpc) is 2.52. The first kappa shape index (κ1) is 18.5. The molecular weight excluding hydrogens is 328 g/mol. The zero-order valence-electron chi connectivity index (χ0n) is 13.3. The fraction of sp³-hybridized carbons (Fsp3) is 0.562. The lowest BCUT2D eigenvalue weighted by molar-refractivity contribution is -0.139. The summed E-state index contributed by atoms with van der Waals surface area (Å²) in [6.45, 7) is 1.08. The summed E-state index contributed by atoms with van der Waals surface area (Å²) < 4.78 is 56.3. The molecule has 0 bridgehead atoms. The van der Waals surface area contributed by atoms with E-state index in [-0.39, 0.29) is 11.7 Å². The van der Waals surface area contributed by atoms with Crippen LogP contribution in [0.4, 0.5) is 28.0 Å². The van der Waals surface area contributed by atoms with Gasteiger partial charge in [-0.15, -0.1) is 0 Å². The van der Waals surface area contributed by atoms with Crippen molar-refractivity contribution in [1.82, 2.24) is 4.90 Å². The number of hydrogen-bond donors (Lipinski definition) is 1. The van der Waals surface area contributed by atoms with Gasteiger partial charge in [0.15, 0.2) is 0 Å². The minimum absolute atomic E-state index is 0.00145. The van der Waals surface area contributed by atoms with E-state index < -0.39 is 23.6 Å². The second kappa shape index (κ2) is 7.83. The molecule has 0 aromatic heterocycles. The molecule has 1 N–H and O–H groups in total. The first-order valence-corrected chi connectivity index (χ1v) is 7.76. The summed E-state index contributed by atoms with van der Waals surface area (Å²) in [5.74, 6) is -1.41. The van der Waals surface area contributed by atoms with Crippen molar-refractivity contribution in [2.24, 2.45) is 0 Å². The van der Waals surface area contributed by atoms with Gasteiger partial charge in [-0.2, -0.15) is 13.2 Å². The summed E-state index contributed by atoms with van der Waals surface area (Å²) in [6.07, 6.45) is -1.36. The van der Waals surface area contributed by atoms with Gasteiger partial charge in [0.2, 0.25) is 0 Å². The van der Waals surface area contributed by atoms with Gasteiger partial charge in [0.1, 0.15) is 5.82 Å². The maximum Gasteiger partial charge on any atom is 0.419 e. The molecule has 1 aromatic carbocycles. The Kier molecular flexibility index (Phi) is 6.04. The fourth-order valence-corrected chi connectivity index (χ4v) is 2.84. The van der Waals surface area contributed by atoms with E-state index in [4.69, 9.17) is 4.74 Å². The number of nitrogens with one attached hydrogen (secondary N) is 1. The second-order valence-corrected chi connectivity index (χ2v) is 5.75. The fourth-order valence-electron chi connectivity index (χ4n) is 2.84. The summed E-state index contributed by atoms with van der Waals surface area (Å²) >= 11 is 0. The van der Waals surface area contributed by atoms with Crippen LogP contribution in [0.1, 0.15) is 31.2 Å². The third-order valence-electron chi connectivity index (χ3n) is 4.07. The van der Waals surface area contributed by atoms with E-state index in [1.54, 1.807) is 12.0 Å². The SMILES string of the molecule is COCC[C@H]1CCCCN1C(=O)Nc1ccc(C(F)(F)F)c(F)c1. The van der Waals surface area contributed by atoms with E-state index in [0.717, 1.165) is 25.3 Å². The smallest absolute Gasteiger partial charge is 0.385 e. The number of hydrogen-bond acceptors (Lipinski definition) is 2. The van der Waals surface area contributed by atoms with Crippen molar-refractivity contribution in [1.29, 1.82) is 0 Å². The lowest BCUT2D eigenvalue weighted by Gasteiger charge is -2.35. The minimum Gasteiger partial charge on any atom is -0.385 e. The summed E-state index contributed by atoms with van der Waals surface area (Å²) in [7, 11) is 1.58. The van der Waals surface area contributed by atoms with Gasteiger partial charge in [-0.3, -0.25) is 0 Å². The third-order valence-corrected chi connectivity index (χ3v) is 4.07. The zero-order chi connectivity index (χ0) is 17.7. The molecule has 1 atom stereocenters. The van der Waals surface area contributed by atoms with Crippen LogP contribution in [-0.4, -0.2) is 37.2 Å². The van der Waals surface area contributed by atoms with Crippen molar-refractivity contribution in [3.8, 4) is 0 Å². The Bertz CT molecular complexity index is 578. The normalized spacial score (nSPS) is 18.5. The Morgan fingerprint density at radius 2 is 2.12 bits per heavy atom. The molecule has 24 heavy (non-hydrogen) atoms. The summed E-state index contributed by atoms with van der Waals surface area (Å²) in [5.41, 5.74) is -1.35. The highest BCUT2D eigenvalue weighted by atomic mass is 19.4. The van der Waals surface area contributed by atoms with Crippen LogP contribution in [-0.2, 0) is 10.9 Å². The Hall–Kier alpha value is -1.83. The maximum atomic E-state index is 13.6. The van der Waals surface area contributed by atoms with Gasteiger partial charge in [-0.25, -0.2) is 9.18 Å². The van der Waals surface area contributed by atoms with Crippen molar-refractivity contribution in [2.75, 3.05) is 25.6 Å². The molecular formula is C16H20F4N2O2. The molecule has 4 nitrogen and oxygen atoms in total. The first-order chi connectivity index (χ1) is 11.3. The maximum absolute atomic E-state index is 13.6. The molecule has 0 radical (unpaired) electrons. The van der Waals surface area contributed by atoms with Crippen LogP contribution in [0.25, 0.3) is 0 Å². The summed E-state index contributed by atoms with van der Waals surface area (Å²) in [6, 6.07) is 1.95. The van der Waals surface area contributed by atoms with Gasteiger partial charge < -0.3 is 15.0 Å². The Labute approximate surface area is 137 Å². The molecule has 2 amide bonds. The summed E-state index contributed by atoms with van der Waals surface area (Å²) in [5, 5.41) is 2.48. The van der Waals surface area contributed by atoms with Gasteiger partial charge in [-0.1, -0.05) is 0 Å². The van der Waals surface area contributed by atoms with Crippen molar-refractivity contribution < 1.29 is 27.1 Å². The number of benzene rings is 1. The number of amides is 2. The molecule has 0 unspecified atom stereocenters. The predicted molar refractivity (Wildman–Crippen MR) is 81.3 cm³/mol. The number of piperidine rings is 1. The monoisotopic (exact) mass is 348 g/mol. The van der Waals surface area contributed by atoms with Crippen LogP contribution in [0.15, 0.2) is 18.2 Å². The van der Waals surface area contributed by atoms with E-state index in [2.05, 4.69) is 5.32 Å². The van der Waals surface area contributed by atoms with Crippen LogP contribution in [0.2, 0.25) is 0 Å². The van der Waals surface area contributed by atoms with E-state index >= 15 is 0 Å². The lowest BCUT2D eigenvalue weighted by atomic mass is 10.00. The highest BCUT2D eigenvalue weighted by Gasteiger charge is 2.34. The van der Waals surface area contributed by atoms with Crippen molar-refractivity contribution in [3.63, 3.8) is 0 Å². The average molecular weight is 348 g/mol. The Balaban J connectivity index is 2.06. The highest BCUT2D eigenvalue weighted by Crippen LogP contribution is 2.32. The van der Waals surface area contributed by atoms with E-state index in [0.29, 0.717) is 31.7 Å². The van der Waals surface area contributed by atoms with Gasteiger partial charge >= 0.3 is 12.2 Å². The van der Waals surface area contributed by atoms with Crippen molar-refractivity contribution in [2.45, 2.75) is 37.9 Å². The molecule has 0 aliphatic carbocycles. The van der Waals surface area contributed by atoms with Crippen LogP contribution in [0.3, 0.4) is 0 Å². The van der Waals surface area contributed by atoms with Gasteiger partial charge in [0.25, 0.3) is 0 Å². The topological polar surface area (TPSA) is 41.6 Å². The molecule has 1 aliphatic heterocycles. The Morgan fingerprint density at radius 1 is 1.38 bits per heavy atom. The molecule has 1 saturated heterocycles. The molecule has 0 spiro atoms. The number of ether oxygens (including phenoxy) is 1. The number of carbonyl (C=O) groups is 1. The van der Waals surface area contributed by atoms with Crippen molar-refractivity contribution >= 4 is 11.7 Å². The van der Waals surface area contributed by atoms with E-state index in [1.165, 1.54) is 0 Å². The van der Waals surface area contributed by atoms with Crippen LogP contribution in [0, 0.1) is 5.82 Å². The summed E-state index contributed by atoms with van der Waals surface area (Å²) in [4.78, 5) is 14.0. The van der Waals surface area contributed by atoms with Gasteiger partial charge in [-0.05, 0) is 43.9 Å². The molecule has 1 heterocycles. The highest BCUT2D eigenvalue weighted by molar-refractivity contribution is 5.89. The number of urea groups is 1. The standard InChI is InChI=1S/C16H20F4N2O2/c1-24-9-7-12-4-2-3-8-22(12)15(23)21-11-5-6-13(14(17)10-11)16(18,19)20/h5-6,10,12H,2-4,7-9H2,1H3,(H,21,23)/t12-/m1/s1. The number of anilines is 1. The number of carbonyl (C=O) groups excluding carboxylic acids is 1. The predicted octanol–water partition coefficient (Wildman–Crippen LogP) is 4.27. The van der Waals surface area contributed by atoms with E-state index in [1.807, 2.05) is 0 Å². The van der Waals surface area contributed by atoms with Crippen LogP contribution < -0.4 is 5.32 Å². The molecule has 0 saturated carbocycles. The van der Waals surface area contributed by atoms with Crippen LogP contribution in [0.5, 0.6) is 0 Å². The molecule has 1 fully saturated rings. The number of rotatable bonds is 4. The van der Waals surface area contributed by atoms with Gasteiger partial charge in [0.05, 0.1) is 5.56 Å². The molecule has 8 heteroatoms. The Morgan fingerprint density at radius 3 is 2.75 bits per heavy atom. The largest absolute Gasteiger partial charge is 0.419 e. The lowest BCUT2D eigenvalue weighted by Crippen LogP contribution is -2.46. The third kappa shape index (κ3) is 4.59. The quantitative estimate of drug-likeness (QED) is 0.826. The number of halogens is 4.